The van der Waals surface area contributed by atoms with Crippen molar-refractivity contribution in [1.82, 2.24) is 29.8 Å². The predicted molar refractivity (Wildman–Crippen MR) is 92.7 cm³/mol. The van der Waals surface area contributed by atoms with Crippen LogP contribution in [-0.2, 0) is 6.54 Å². The smallest absolute Gasteiger partial charge is 0.269 e. The highest BCUT2D eigenvalue weighted by molar-refractivity contribution is 5.90. The number of rotatable bonds is 5. The number of hydrogen-bond acceptors (Lipinski definition) is 8. The lowest BCUT2D eigenvalue weighted by molar-refractivity contribution is 0.0994. The summed E-state index contributed by atoms with van der Waals surface area (Å²) in [5.41, 5.74) is 8.12. The molecule has 4 rings (SSSR count). The van der Waals surface area contributed by atoms with Gasteiger partial charge < -0.3 is 15.8 Å². The molecular weight excluding hydrogens is 336 g/mol. The highest BCUT2D eigenvalue weighted by Crippen LogP contribution is 2.23. The molecule has 4 heterocycles. The third-order valence-electron chi connectivity index (χ3n) is 3.80. The van der Waals surface area contributed by atoms with Gasteiger partial charge in [-0.3, -0.25) is 9.78 Å². The van der Waals surface area contributed by atoms with Crippen molar-refractivity contribution in [3.8, 4) is 5.75 Å². The van der Waals surface area contributed by atoms with Crippen molar-refractivity contribution in [2.45, 2.75) is 6.54 Å². The van der Waals surface area contributed by atoms with Gasteiger partial charge in [0.2, 0.25) is 0 Å². The van der Waals surface area contributed by atoms with Crippen molar-refractivity contribution in [1.29, 1.82) is 0 Å². The summed E-state index contributed by atoms with van der Waals surface area (Å²) in [4.78, 5) is 20.0. The van der Waals surface area contributed by atoms with Crippen molar-refractivity contribution in [3.63, 3.8) is 0 Å². The van der Waals surface area contributed by atoms with Gasteiger partial charge in [-0.1, -0.05) is 0 Å². The number of carbonyl (C=O) groups is 1. The summed E-state index contributed by atoms with van der Waals surface area (Å²) in [7, 11) is 1.58. The van der Waals surface area contributed by atoms with Crippen LogP contribution in [0.3, 0.4) is 0 Å². The Balaban J connectivity index is 1.65. The lowest BCUT2D eigenvalue weighted by Gasteiger charge is -2.08. The highest BCUT2D eigenvalue weighted by Gasteiger charge is 2.11. The zero-order valence-corrected chi connectivity index (χ0v) is 13.7. The zero-order valence-electron chi connectivity index (χ0n) is 13.7. The van der Waals surface area contributed by atoms with Gasteiger partial charge in [0, 0.05) is 12.3 Å². The van der Waals surface area contributed by atoms with E-state index in [-0.39, 0.29) is 5.69 Å². The number of amides is 1. The fourth-order valence-electron chi connectivity index (χ4n) is 2.52. The van der Waals surface area contributed by atoms with Crippen molar-refractivity contribution in [2.75, 3.05) is 12.4 Å². The molecule has 1 amide bonds. The van der Waals surface area contributed by atoms with E-state index in [9.17, 15) is 4.79 Å². The second-order valence-electron chi connectivity index (χ2n) is 5.42. The van der Waals surface area contributed by atoms with E-state index in [1.54, 1.807) is 31.6 Å². The maximum Gasteiger partial charge on any atom is 0.269 e. The summed E-state index contributed by atoms with van der Waals surface area (Å²) < 4.78 is 6.65. The molecule has 4 aromatic rings. The molecule has 0 saturated carbocycles. The first-order chi connectivity index (χ1) is 12.7. The number of carbonyl (C=O) groups excluding carboxylic acids is 1. The van der Waals surface area contributed by atoms with E-state index < -0.39 is 5.91 Å². The molecule has 0 aliphatic rings. The number of nitrogens with zero attached hydrogens (tertiary/aromatic N) is 6. The minimum absolute atomic E-state index is 0.140. The number of aromatic nitrogens is 6. The maximum absolute atomic E-state index is 11.3. The van der Waals surface area contributed by atoms with Gasteiger partial charge in [0.1, 0.15) is 17.0 Å². The van der Waals surface area contributed by atoms with Crippen LogP contribution >= 0.6 is 0 Å². The lowest BCUT2D eigenvalue weighted by Crippen LogP contribution is -2.16. The van der Waals surface area contributed by atoms with Crippen LogP contribution in [0.15, 0.2) is 36.7 Å². The molecule has 26 heavy (non-hydrogen) atoms. The summed E-state index contributed by atoms with van der Waals surface area (Å²) in [5.74, 6) is 0.549. The fourth-order valence-corrected chi connectivity index (χ4v) is 2.52. The van der Waals surface area contributed by atoms with Crippen LogP contribution in [0.2, 0.25) is 0 Å². The number of ether oxygens (including phenoxy) is 1. The molecule has 0 atom stereocenters. The number of pyridine rings is 2. The third kappa shape index (κ3) is 2.73. The summed E-state index contributed by atoms with van der Waals surface area (Å²) in [6, 6.07) is 6.77. The molecular formula is C16H14N8O2. The number of hydrogen-bond donors (Lipinski definition) is 2. The molecule has 0 aliphatic carbocycles. The molecule has 0 fully saturated rings. The minimum atomic E-state index is -0.613. The Labute approximate surface area is 147 Å². The quantitative estimate of drug-likeness (QED) is 0.539. The van der Waals surface area contributed by atoms with Crippen LogP contribution < -0.4 is 15.8 Å². The summed E-state index contributed by atoms with van der Waals surface area (Å²) in [5, 5.41) is 15.5. The lowest BCUT2D eigenvalue weighted by atomic mass is 10.2. The summed E-state index contributed by atoms with van der Waals surface area (Å²) >= 11 is 0. The molecule has 0 radical (unpaired) electrons. The molecule has 0 spiro atoms. The van der Waals surface area contributed by atoms with Crippen molar-refractivity contribution in [2.24, 2.45) is 5.73 Å². The van der Waals surface area contributed by atoms with Crippen LogP contribution in [0, 0.1) is 0 Å². The van der Waals surface area contributed by atoms with Crippen LogP contribution in [0.1, 0.15) is 16.3 Å². The van der Waals surface area contributed by atoms with Crippen LogP contribution in [-0.4, -0.2) is 42.8 Å². The Hall–Kier alpha value is -3.82. The van der Waals surface area contributed by atoms with Crippen LogP contribution in [0.25, 0.3) is 16.7 Å². The van der Waals surface area contributed by atoms with Gasteiger partial charge in [0.25, 0.3) is 5.91 Å². The summed E-state index contributed by atoms with van der Waals surface area (Å²) in [6.45, 7) is 0.323. The maximum atomic E-state index is 11.3. The average Bonchev–Trinajstić information content (AvgIpc) is 3.08. The van der Waals surface area contributed by atoms with Gasteiger partial charge >= 0.3 is 0 Å². The molecule has 10 heteroatoms. The van der Waals surface area contributed by atoms with E-state index in [4.69, 9.17) is 10.5 Å². The molecule has 10 nitrogen and oxygen atoms in total. The highest BCUT2D eigenvalue weighted by atomic mass is 16.5. The van der Waals surface area contributed by atoms with Crippen molar-refractivity contribution >= 4 is 28.3 Å². The Morgan fingerprint density at radius 1 is 1.27 bits per heavy atom. The van der Waals surface area contributed by atoms with Crippen LogP contribution in [0.4, 0.5) is 5.69 Å². The average molecular weight is 350 g/mol. The van der Waals surface area contributed by atoms with E-state index in [1.807, 2.05) is 6.07 Å². The Morgan fingerprint density at radius 2 is 2.15 bits per heavy atom. The van der Waals surface area contributed by atoms with E-state index in [0.29, 0.717) is 34.8 Å². The second kappa shape index (κ2) is 6.24. The molecule has 130 valence electrons. The standard InChI is InChI=1S/C16H14N8O2/c1-26-9-6-12-15(20-7-9)10(4-5-18-12)19-8-14-22-21-13-3-2-11(16(17)25)23-24(13)14/h2-7H,8H2,1H3,(H2,17,25)(H,18,19). The fraction of sp³-hybridized carbons (Fsp3) is 0.125. The van der Waals surface area contributed by atoms with E-state index >= 15 is 0 Å². The molecule has 0 saturated heterocycles. The summed E-state index contributed by atoms with van der Waals surface area (Å²) in [6.07, 6.45) is 3.31. The first-order valence-corrected chi connectivity index (χ1v) is 7.69. The molecule has 4 aromatic heterocycles. The van der Waals surface area contributed by atoms with E-state index in [0.717, 1.165) is 5.69 Å². The Kier molecular flexibility index (Phi) is 3.77. The first-order valence-electron chi connectivity index (χ1n) is 7.69. The number of fused-ring (bicyclic) bond motifs is 2. The number of anilines is 1. The number of nitrogens with one attached hydrogen (secondary N) is 1. The topological polar surface area (TPSA) is 133 Å². The monoisotopic (exact) mass is 350 g/mol. The Morgan fingerprint density at radius 3 is 2.96 bits per heavy atom. The van der Waals surface area contributed by atoms with Gasteiger partial charge in [0.05, 0.1) is 31.1 Å². The van der Waals surface area contributed by atoms with Gasteiger partial charge in [-0.05, 0) is 18.2 Å². The second-order valence-corrected chi connectivity index (χ2v) is 5.42. The van der Waals surface area contributed by atoms with E-state index in [1.165, 1.54) is 10.6 Å². The van der Waals surface area contributed by atoms with Crippen LogP contribution in [0.5, 0.6) is 5.75 Å². The van der Waals surface area contributed by atoms with Gasteiger partial charge in [-0.25, -0.2) is 4.98 Å². The number of nitrogens with two attached hydrogens (primary N) is 1. The minimum Gasteiger partial charge on any atom is -0.495 e. The zero-order chi connectivity index (χ0) is 18.1. The normalized spacial score (nSPS) is 11.0. The number of methoxy groups -OCH3 is 1. The third-order valence-corrected chi connectivity index (χ3v) is 3.80. The molecule has 0 unspecified atom stereocenters. The van der Waals surface area contributed by atoms with Gasteiger partial charge in [-0.15, -0.1) is 10.2 Å². The van der Waals surface area contributed by atoms with Crippen molar-refractivity contribution in [3.05, 3.63) is 48.2 Å². The predicted octanol–water partition coefficient (Wildman–Crippen LogP) is 0.787. The first kappa shape index (κ1) is 15.7. The molecule has 0 aliphatic heterocycles. The SMILES string of the molecule is COc1cnc2c(NCc3nnc4ccc(C(N)=O)nn34)ccnc2c1. The van der Waals surface area contributed by atoms with Gasteiger partial charge in [-0.2, -0.15) is 9.61 Å². The Bertz CT molecular complexity index is 1120. The molecule has 0 bridgehead atoms. The molecule has 0 aromatic carbocycles. The largest absolute Gasteiger partial charge is 0.495 e. The van der Waals surface area contributed by atoms with Gasteiger partial charge in [0.15, 0.2) is 11.5 Å². The number of primary amides is 1. The van der Waals surface area contributed by atoms with E-state index in [2.05, 4.69) is 30.6 Å². The van der Waals surface area contributed by atoms with Crippen molar-refractivity contribution < 1.29 is 9.53 Å². The molecule has 3 N–H and O–H groups in total.